The fourth-order valence-electron chi connectivity index (χ4n) is 1.76. The molecule has 0 bridgehead atoms. The number of benzene rings is 1. The zero-order valence-corrected chi connectivity index (χ0v) is 11.6. The van der Waals surface area contributed by atoms with Gasteiger partial charge in [-0.15, -0.1) is 17.0 Å². The molecular weight excluding hydrogens is 338 g/mol. The molecular formula is C11H11Br2NO2. The lowest BCUT2D eigenvalue weighted by Crippen LogP contribution is -2.35. The molecule has 1 aromatic carbocycles. The van der Waals surface area contributed by atoms with Crippen LogP contribution in [0.2, 0.25) is 0 Å². The van der Waals surface area contributed by atoms with E-state index in [-0.39, 0.29) is 22.9 Å². The summed E-state index contributed by atoms with van der Waals surface area (Å²) in [7, 11) is 0. The van der Waals surface area contributed by atoms with Gasteiger partial charge >= 0.3 is 5.97 Å². The molecule has 0 heterocycles. The molecule has 86 valence electrons. The summed E-state index contributed by atoms with van der Waals surface area (Å²) in [4.78, 5) is 10.8. The van der Waals surface area contributed by atoms with Crippen molar-refractivity contribution in [2.24, 2.45) is 5.73 Å². The number of nitrogens with two attached hydrogens (primary N) is 1. The molecule has 0 saturated heterocycles. The Bertz CT molecular complexity index is 446. The van der Waals surface area contributed by atoms with Gasteiger partial charge in [0.25, 0.3) is 0 Å². The summed E-state index contributed by atoms with van der Waals surface area (Å²) in [6.07, 6.45) is 3.76. The Labute approximate surface area is 112 Å². The van der Waals surface area contributed by atoms with Crippen LogP contribution < -0.4 is 5.73 Å². The molecule has 0 amide bonds. The van der Waals surface area contributed by atoms with Gasteiger partial charge in [0.2, 0.25) is 0 Å². The molecule has 16 heavy (non-hydrogen) atoms. The van der Waals surface area contributed by atoms with Crippen LogP contribution in [0.4, 0.5) is 0 Å². The van der Waals surface area contributed by atoms with E-state index in [9.17, 15) is 4.79 Å². The first-order chi connectivity index (χ1) is 7.09. The molecule has 0 saturated carbocycles. The van der Waals surface area contributed by atoms with E-state index in [0.717, 1.165) is 15.6 Å². The number of halogens is 2. The lowest BCUT2D eigenvalue weighted by molar-refractivity contribution is -0.138. The molecule has 1 aliphatic carbocycles. The molecule has 0 aliphatic heterocycles. The summed E-state index contributed by atoms with van der Waals surface area (Å²) in [6.45, 7) is 0. The first kappa shape index (κ1) is 13.4. The van der Waals surface area contributed by atoms with Gasteiger partial charge in [-0.25, -0.2) is 0 Å². The Balaban J connectivity index is 0.00000128. The largest absolute Gasteiger partial charge is 0.480 e. The number of rotatable bonds is 2. The number of fused-ring (bicyclic) bond motifs is 1. The van der Waals surface area contributed by atoms with E-state index in [1.165, 1.54) is 0 Å². The van der Waals surface area contributed by atoms with Crippen molar-refractivity contribution in [3.05, 3.63) is 39.9 Å². The topological polar surface area (TPSA) is 63.3 Å². The second-order valence-electron chi connectivity index (χ2n) is 3.52. The highest BCUT2D eigenvalue weighted by Crippen LogP contribution is 2.33. The molecule has 2 atom stereocenters. The van der Waals surface area contributed by atoms with Gasteiger partial charge in [-0.1, -0.05) is 34.1 Å². The first-order valence-corrected chi connectivity index (χ1v) is 5.35. The molecule has 3 nitrogen and oxygen atoms in total. The van der Waals surface area contributed by atoms with Crippen molar-refractivity contribution in [1.82, 2.24) is 0 Å². The molecule has 3 N–H and O–H groups in total. The third-order valence-electron chi connectivity index (χ3n) is 2.56. The molecule has 0 spiro atoms. The summed E-state index contributed by atoms with van der Waals surface area (Å²) in [5.74, 6) is -1.20. The fraction of sp³-hybridized carbons (Fsp3) is 0.182. The Hall–Kier alpha value is -0.650. The average Bonchev–Trinajstić information content (AvgIpc) is 2.59. The fourth-order valence-corrected chi connectivity index (χ4v) is 2.14. The molecule has 1 unspecified atom stereocenters. The molecule has 0 aromatic heterocycles. The molecule has 5 heteroatoms. The van der Waals surface area contributed by atoms with Gasteiger partial charge in [0, 0.05) is 10.4 Å². The Kier molecular flexibility index (Phi) is 4.29. The molecule has 2 rings (SSSR count). The maximum absolute atomic E-state index is 10.8. The van der Waals surface area contributed by atoms with Crippen molar-refractivity contribution in [3.8, 4) is 0 Å². The van der Waals surface area contributed by atoms with Gasteiger partial charge in [0.15, 0.2) is 0 Å². The summed E-state index contributed by atoms with van der Waals surface area (Å²) in [6, 6.07) is 4.92. The maximum atomic E-state index is 10.8. The molecule has 0 radical (unpaired) electrons. The second kappa shape index (κ2) is 5.12. The quantitative estimate of drug-likeness (QED) is 0.863. The number of aliphatic carboxylic acids is 1. The molecule has 1 aromatic rings. The minimum Gasteiger partial charge on any atom is -0.480 e. The molecule has 0 fully saturated rings. The van der Waals surface area contributed by atoms with E-state index < -0.39 is 12.0 Å². The second-order valence-corrected chi connectivity index (χ2v) is 4.44. The predicted octanol–water partition coefficient (Wildman–Crippen LogP) is 2.55. The van der Waals surface area contributed by atoms with E-state index in [0.29, 0.717) is 0 Å². The number of carbonyl (C=O) groups is 1. The van der Waals surface area contributed by atoms with Gasteiger partial charge < -0.3 is 10.8 Å². The summed E-state index contributed by atoms with van der Waals surface area (Å²) in [5.41, 5.74) is 7.63. The van der Waals surface area contributed by atoms with Crippen LogP contribution >= 0.6 is 32.9 Å². The number of carboxylic acid groups (broad SMARTS) is 1. The van der Waals surface area contributed by atoms with E-state index in [1.54, 1.807) is 0 Å². The van der Waals surface area contributed by atoms with Crippen LogP contribution in [-0.2, 0) is 4.79 Å². The molecule has 1 aliphatic rings. The van der Waals surface area contributed by atoms with Gasteiger partial charge in [-0.3, -0.25) is 4.79 Å². The Morgan fingerprint density at radius 1 is 1.50 bits per heavy atom. The Morgan fingerprint density at radius 3 is 2.81 bits per heavy atom. The van der Waals surface area contributed by atoms with Crippen LogP contribution in [0.25, 0.3) is 6.08 Å². The summed E-state index contributed by atoms with van der Waals surface area (Å²) < 4.78 is 0.938. The SMILES string of the molecule is Br.NC(C(=O)O)[C@@H]1C=Cc2ccc(Br)cc21. The third-order valence-corrected chi connectivity index (χ3v) is 3.06. The maximum Gasteiger partial charge on any atom is 0.321 e. The standard InChI is InChI=1S/C11H10BrNO2.BrH/c12-7-3-1-6-2-4-8(9(6)5-7)10(13)11(14)15;/h1-5,8,10H,13H2,(H,14,15);1H/t8-,10?;/m1./s1. The first-order valence-electron chi connectivity index (χ1n) is 4.55. The lowest BCUT2D eigenvalue weighted by Gasteiger charge is -2.15. The summed E-state index contributed by atoms with van der Waals surface area (Å²) in [5, 5.41) is 8.87. The van der Waals surface area contributed by atoms with Crippen LogP contribution in [-0.4, -0.2) is 17.1 Å². The number of hydrogen-bond acceptors (Lipinski definition) is 2. The lowest BCUT2D eigenvalue weighted by atomic mass is 9.94. The van der Waals surface area contributed by atoms with Gasteiger partial charge in [0.1, 0.15) is 6.04 Å². The van der Waals surface area contributed by atoms with Crippen LogP contribution in [0.5, 0.6) is 0 Å². The van der Waals surface area contributed by atoms with Crippen LogP contribution in [0, 0.1) is 0 Å². The highest BCUT2D eigenvalue weighted by Gasteiger charge is 2.28. The van der Waals surface area contributed by atoms with Crippen molar-refractivity contribution in [2.75, 3.05) is 0 Å². The van der Waals surface area contributed by atoms with E-state index in [2.05, 4.69) is 15.9 Å². The van der Waals surface area contributed by atoms with Gasteiger partial charge in [-0.2, -0.15) is 0 Å². The Morgan fingerprint density at radius 2 is 2.19 bits per heavy atom. The monoisotopic (exact) mass is 347 g/mol. The zero-order chi connectivity index (χ0) is 11.0. The van der Waals surface area contributed by atoms with Crippen LogP contribution in [0.3, 0.4) is 0 Å². The summed E-state index contributed by atoms with van der Waals surface area (Å²) >= 11 is 3.36. The van der Waals surface area contributed by atoms with E-state index >= 15 is 0 Å². The number of hydrogen-bond donors (Lipinski definition) is 2. The van der Waals surface area contributed by atoms with E-state index in [1.807, 2.05) is 30.4 Å². The minimum absolute atomic E-state index is 0. The van der Waals surface area contributed by atoms with Crippen molar-refractivity contribution in [2.45, 2.75) is 12.0 Å². The van der Waals surface area contributed by atoms with Crippen molar-refractivity contribution in [1.29, 1.82) is 0 Å². The van der Waals surface area contributed by atoms with Crippen molar-refractivity contribution >= 4 is 45.0 Å². The highest BCUT2D eigenvalue weighted by molar-refractivity contribution is 9.10. The van der Waals surface area contributed by atoms with Crippen LogP contribution in [0.1, 0.15) is 17.0 Å². The third kappa shape index (κ3) is 2.36. The van der Waals surface area contributed by atoms with Crippen LogP contribution in [0.15, 0.2) is 28.7 Å². The smallest absolute Gasteiger partial charge is 0.321 e. The van der Waals surface area contributed by atoms with Crippen molar-refractivity contribution < 1.29 is 9.90 Å². The van der Waals surface area contributed by atoms with Gasteiger partial charge in [-0.05, 0) is 23.3 Å². The highest BCUT2D eigenvalue weighted by atomic mass is 79.9. The normalized spacial score (nSPS) is 18.8. The minimum atomic E-state index is -0.975. The van der Waals surface area contributed by atoms with E-state index in [4.69, 9.17) is 10.8 Å². The van der Waals surface area contributed by atoms with Crippen molar-refractivity contribution in [3.63, 3.8) is 0 Å². The predicted molar refractivity (Wildman–Crippen MR) is 71.9 cm³/mol. The number of carboxylic acids is 1. The zero-order valence-electron chi connectivity index (χ0n) is 8.26. The average molecular weight is 349 g/mol. The van der Waals surface area contributed by atoms with Gasteiger partial charge in [0.05, 0.1) is 0 Å².